The van der Waals surface area contributed by atoms with Gasteiger partial charge in [-0.3, -0.25) is 24.5 Å². The summed E-state index contributed by atoms with van der Waals surface area (Å²) in [6.07, 6.45) is 0.317. The summed E-state index contributed by atoms with van der Waals surface area (Å²) in [5.74, 6) is -1.49. The molecule has 1 heterocycles. The molecule has 0 spiro atoms. The number of phenols is 1. The van der Waals surface area contributed by atoms with Crippen molar-refractivity contribution in [1.82, 2.24) is 0 Å². The molecule has 1 unspecified atom stereocenters. The number of thioether (sulfide) groups is 1. The van der Waals surface area contributed by atoms with Crippen LogP contribution in [0.2, 0.25) is 0 Å². The monoisotopic (exact) mass is 415 g/mol. The van der Waals surface area contributed by atoms with Crippen LogP contribution < -0.4 is 10.2 Å². The molecule has 1 aliphatic heterocycles. The number of nitro groups is 1. The third kappa shape index (κ3) is 4.21. The van der Waals surface area contributed by atoms with E-state index in [1.165, 1.54) is 0 Å². The first kappa shape index (κ1) is 20.3. The predicted molar refractivity (Wildman–Crippen MR) is 108 cm³/mol. The number of nitrogens with zero attached hydrogens (tertiary/aromatic N) is 2. The molecule has 2 aromatic rings. The minimum Gasteiger partial charge on any atom is -0.506 e. The number of hydrogen-bond acceptors (Lipinski definition) is 7. The minimum atomic E-state index is -0.923. The van der Waals surface area contributed by atoms with Gasteiger partial charge in [-0.1, -0.05) is 25.1 Å². The van der Waals surface area contributed by atoms with Crippen molar-refractivity contribution in [1.29, 1.82) is 0 Å². The molecular formula is C19H17N3O6S. The highest BCUT2D eigenvalue weighted by Gasteiger charge is 2.42. The zero-order valence-corrected chi connectivity index (χ0v) is 16.1. The van der Waals surface area contributed by atoms with E-state index < -0.39 is 27.2 Å². The van der Waals surface area contributed by atoms with E-state index in [0.717, 1.165) is 40.4 Å². The Balaban J connectivity index is 1.74. The topological polar surface area (TPSA) is 130 Å². The zero-order valence-electron chi connectivity index (χ0n) is 15.3. The van der Waals surface area contributed by atoms with Crippen molar-refractivity contribution in [2.24, 2.45) is 0 Å². The molecule has 0 bridgehead atoms. The molecular weight excluding hydrogens is 398 g/mol. The van der Waals surface area contributed by atoms with E-state index in [9.17, 15) is 29.6 Å². The smallest absolute Gasteiger partial charge is 0.293 e. The van der Waals surface area contributed by atoms with Crippen LogP contribution in [0, 0.1) is 10.1 Å². The normalized spacial score (nSPS) is 16.2. The number of benzene rings is 2. The van der Waals surface area contributed by atoms with Gasteiger partial charge in [0.05, 0.1) is 16.3 Å². The molecule has 2 aromatic carbocycles. The molecule has 0 aromatic heterocycles. The fourth-order valence-electron chi connectivity index (χ4n) is 2.94. The average molecular weight is 415 g/mol. The Morgan fingerprint density at radius 2 is 2.00 bits per heavy atom. The van der Waals surface area contributed by atoms with E-state index in [0.29, 0.717) is 12.1 Å². The molecule has 10 heteroatoms. The Morgan fingerprint density at radius 3 is 2.69 bits per heavy atom. The summed E-state index contributed by atoms with van der Waals surface area (Å²) < 4.78 is 0. The van der Waals surface area contributed by atoms with Crippen molar-refractivity contribution in [3.05, 3.63) is 58.1 Å². The number of nitrogens with one attached hydrogen (secondary N) is 1. The van der Waals surface area contributed by atoms with Gasteiger partial charge in [-0.15, -0.1) is 0 Å². The van der Waals surface area contributed by atoms with E-state index in [1.54, 1.807) is 12.1 Å². The number of aromatic hydroxyl groups is 1. The lowest BCUT2D eigenvalue weighted by Crippen LogP contribution is -2.33. The van der Waals surface area contributed by atoms with Crippen LogP contribution in [-0.4, -0.2) is 32.3 Å². The van der Waals surface area contributed by atoms with E-state index in [4.69, 9.17) is 0 Å². The van der Waals surface area contributed by atoms with Crippen LogP contribution >= 0.6 is 11.8 Å². The Hall–Kier alpha value is -3.40. The van der Waals surface area contributed by atoms with Gasteiger partial charge in [0, 0.05) is 18.6 Å². The van der Waals surface area contributed by atoms with Gasteiger partial charge >= 0.3 is 0 Å². The van der Waals surface area contributed by atoms with Gasteiger partial charge < -0.3 is 10.4 Å². The Bertz CT molecular complexity index is 1010. The van der Waals surface area contributed by atoms with E-state index in [2.05, 4.69) is 5.32 Å². The third-order valence-electron chi connectivity index (χ3n) is 4.37. The first-order valence-electron chi connectivity index (χ1n) is 8.71. The quantitative estimate of drug-likeness (QED) is 0.420. The van der Waals surface area contributed by atoms with Crippen molar-refractivity contribution >= 4 is 45.9 Å². The zero-order chi connectivity index (χ0) is 21.1. The van der Waals surface area contributed by atoms with Crippen molar-refractivity contribution in [2.75, 3.05) is 10.2 Å². The highest BCUT2D eigenvalue weighted by molar-refractivity contribution is 8.15. The maximum absolute atomic E-state index is 12.7. The van der Waals surface area contributed by atoms with E-state index in [-0.39, 0.29) is 23.5 Å². The predicted octanol–water partition coefficient (Wildman–Crippen LogP) is 3.46. The summed E-state index contributed by atoms with van der Waals surface area (Å²) in [4.78, 5) is 48.7. The van der Waals surface area contributed by atoms with Gasteiger partial charge in [0.2, 0.25) is 11.8 Å². The van der Waals surface area contributed by atoms with Crippen LogP contribution in [0.15, 0.2) is 42.5 Å². The molecule has 3 rings (SSSR count). The SMILES string of the molecule is CCc1ccccc1N1C(=O)SC(CC(=O)Nc2cc([N+](=O)[O-])ccc2O)C1=O. The molecule has 9 nitrogen and oxygen atoms in total. The molecule has 0 aliphatic carbocycles. The van der Waals surface area contributed by atoms with Crippen molar-refractivity contribution in [3.8, 4) is 5.75 Å². The molecule has 0 radical (unpaired) electrons. The maximum Gasteiger partial charge on any atom is 0.293 e. The number of imide groups is 1. The Labute approximate surface area is 169 Å². The van der Waals surface area contributed by atoms with Gasteiger partial charge in [0.1, 0.15) is 11.0 Å². The molecule has 150 valence electrons. The molecule has 2 N–H and O–H groups in total. The van der Waals surface area contributed by atoms with Crippen LogP contribution in [0.1, 0.15) is 18.9 Å². The number of carbonyl (C=O) groups excluding carboxylic acids is 3. The van der Waals surface area contributed by atoms with Crippen LogP contribution in [0.5, 0.6) is 5.75 Å². The lowest BCUT2D eigenvalue weighted by molar-refractivity contribution is -0.384. The maximum atomic E-state index is 12.7. The van der Waals surface area contributed by atoms with E-state index >= 15 is 0 Å². The van der Waals surface area contributed by atoms with Gasteiger partial charge in [0.15, 0.2) is 0 Å². The molecule has 1 aliphatic rings. The number of amides is 3. The molecule has 3 amide bonds. The first-order chi connectivity index (χ1) is 13.8. The number of anilines is 2. The highest BCUT2D eigenvalue weighted by Crippen LogP contribution is 2.36. The van der Waals surface area contributed by atoms with Gasteiger partial charge in [-0.2, -0.15) is 0 Å². The number of hydrogen-bond donors (Lipinski definition) is 2. The minimum absolute atomic E-state index is 0.140. The lowest BCUT2D eigenvalue weighted by atomic mass is 10.1. The summed E-state index contributed by atoms with van der Waals surface area (Å²) in [5.41, 5.74) is 0.888. The summed E-state index contributed by atoms with van der Waals surface area (Å²) in [6.45, 7) is 1.91. The third-order valence-corrected chi connectivity index (χ3v) is 5.41. The largest absolute Gasteiger partial charge is 0.506 e. The van der Waals surface area contributed by atoms with Crippen LogP contribution in [0.3, 0.4) is 0 Å². The number of aryl methyl sites for hydroxylation is 1. The first-order valence-corrected chi connectivity index (χ1v) is 9.59. The number of rotatable bonds is 6. The summed E-state index contributed by atoms with van der Waals surface area (Å²) >= 11 is 0.753. The summed E-state index contributed by atoms with van der Waals surface area (Å²) in [7, 11) is 0. The molecule has 0 saturated carbocycles. The van der Waals surface area contributed by atoms with Gasteiger partial charge in [-0.05, 0) is 35.9 Å². The summed E-state index contributed by atoms with van der Waals surface area (Å²) in [6, 6.07) is 10.3. The highest BCUT2D eigenvalue weighted by atomic mass is 32.2. The van der Waals surface area contributed by atoms with Crippen molar-refractivity contribution in [2.45, 2.75) is 25.0 Å². The molecule has 1 saturated heterocycles. The Kier molecular flexibility index (Phi) is 5.83. The number of carbonyl (C=O) groups is 3. The molecule has 1 atom stereocenters. The van der Waals surface area contributed by atoms with Gasteiger partial charge in [-0.25, -0.2) is 4.90 Å². The van der Waals surface area contributed by atoms with Gasteiger partial charge in [0.25, 0.3) is 10.9 Å². The van der Waals surface area contributed by atoms with Crippen LogP contribution in [-0.2, 0) is 16.0 Å². The number of nitro benzene ring substituents is 1. The average Bonchev–Trinajstić information content (AvgIpc) is 2.96. The van der Waals surface area contributed by atoms with Crippen molar-refractivity contribution < 1.29 is 24.4 Å². The van der Waals surface area contributed by atoms with Crippen LogP contribution in [0.4, 0.5) is 21.9 Å². The number of para-hydroxylation sites is 1. The number of non-ortho nitro benzene ring substituents is 1. The second-order valence-electron chi connectivity index (χ2n) is 6.24. The van der Waals surface area contributed by atoms with Crippen molar-refractivity contribution in [3.63, 3.8) is 0 Å². The van der Waals surface area contributed by atoms with Crippen LogP contribution in [0.25, 0.3) is 0 Å². The van der Waals surface area contributed by atoms with E-state index in [1.807, 2.05) is 19.1 Å². The fourth-order valence-corrected chi connectivity index (χ4v) is 3.92. The summed E-state index contributed by atoms with van der Waals surface area (Å²) in [5, 5.41) is 21.6. The molecule has 1 fully saturated rings. The standard InChI is InChI=1S/C19H17N3O6S/c1-2-11-5-3-4-6-14(11)21-18(25)16(29-19(21)26)10-17(24)20-13-9-12(22(27)28)7-8-15(13)23/h3-9,16,23H,2,10H2,1H3,(H,20,24). The lowest BCUT2D eigenvalue weighted by Gasteiger charge is -2.17. The Morgan fingerprint density at radius 1 is 1.28 bits per heavy atom. The second kappa shape index (κ2) is 8.31. The fraction of sp³-hybridized carbons (Fsp3) is 0.211. The number of phenolic OH excluding ortho intramolecular Hbond substituents is 1. The molecule has 29 heavy (non-hydrogen) atoms. The second-order valence-corrected chi connectivity index (χ2v) is 7.39.